The summed E-state index contributed by atoms with van der Waals surface area (Å²) < 4.78 is 5.60. The van der Waals surface area contributed by atoms with E-state index in [9.17, 15) is 9.59 Å². The normalized spacial score (nSPS) is 24.2. The fourth-order valence-corrected chi connectivity index (χ4v) is 5.78. The number of carbonyl (C=O) groups is 2. The van der Waals surface area contributed by atoms with Gasteiger partial charge < -0.3 is 36.2 Å². The number of anilines is 1. The molecule has 2 saturated heterocycles. The fraction of sp³-hybridized carbons (Fsp3) is 0.500. The van der Waals surface area contributed by atoms with E-state index in [-0.39, 0.29) is 29.8 Å². The van der Waals surface area contributed by atoms with Crippen LogP contribution in [0.15, 0.2) is 60.1 Å². The molecule has 216 valence electrons. The van der Waals surface area contributed by atoms with Crippen LogP contribution < -0.4 is 26.4 Å². The molecule has 3 fully saturated rings. The van der Waals surface area contributed by atoms with Crippen molar-refractivity contribution in [3.63, 3.8) is 0 Å². The van der Waals surface area contributed by atoms with Gasteiger partial charge in [0.15, 0.2) is 5.84 Å². The highest BCUT2D eigenvalue weighted by atomic mass is 16.5. The second kappa shape index (κ2) is 13.5. The summed E-state index contributed by atoms with van der Waals surface area (Å²) in [4.78, 5) is 34.9. The molecule has 2 aliphatic heterocycles. The van der Waals surface area contributed by atoms with Gasteiger partial charge in [0.1, 0.15) is 17.3 Å². The summed E-state index contributed by atoms with van der Waals surface area (Å²) in [7, 11) is 3.30. The number of methoxy groups -OCH3 is 1. The lowest BCUT2D eigenvalue weighted by atomic mass is 9.93. The highest BCUT2D eigenvalue weighted by molar-refractivity contribution is 6.04. The minimum atomic E-state index is -0.243. The number of amidine groups is 1. The summed E-state index contributed by atoms with van der Waals surface area (Å²) in [5, 5.41) is 9.54. The summed E-state index contributed by atoms with van der Waals surface area (Å²) in [6, 6.07) is 5.62. The lowest BCUT2D eigenvalue weighted by Crippen LogP contribution is -2.44. The summed E-state index contributed by atoms with van der Waals surface area (Å²) in [6.07, 6.45) is 10.3. The van der Waals surface area contributed by atoms with Crippen molar-refractivity contribution >= 4 is 23.3 Å². The topological polar surface area (TPSA) is 124 Å². The number of nitrogens with zero attached hydrogens (tertiary/aromatic N) is 3. The van der Waals surface area contributed by atoms with Gasteiger partial charge >= 0.3 is 0 Å². The van der Waals surface area contributed by atoms with Gasteiger partial charge in [0.25, 0.3) is 5.91 Å². The van der Waals surface area contributed by atoms with Crippen LogP contribution in [0.5, 0.6) is 5.75 Å². The van der Waals surface area contributed by atoms with Gasteiger partial charge in [-0.05, 0) is 50.4 Å². The number of aliphatic imine (C=N–C) groups is 1. The largest absolute Gasteiger partial charge is 0.495 e. The molecule has 2 heterocycles. The molecular formula is C30H43N7O3. The summed E-state index contributed by atoms with van der Waals surface area (Å²) in [6.45, 7) is 10.3. The number of likely N-dealkylation sites (N-methyl/N-ethyl adjacent to an activating group) is 1. The van der Waals surface area contributed by atoms with Crippen molar-refractivity contribution in [3.8, 4) is 5.75 Å². The highest BCUT2D eigenvalue weighted by Gasteiger charge is 2.37. The van der Waals surface area contributed by atoms with E-state index in [4.69, 9.17) is 15.5 Å². The number of nitrogens with two attached hydrogens (primary N) is 1. The Bertz CT molecular complexity index is 1170. The first-order valence-electron chi connectivity index (χ1n) is 14.2. The number of amides is 2. The molecule has 1 unspecified atom stereocenters. The van der Waals surface area contributed by atoms with Gasteiger partial charge in [-0.15, -0.1) is 6.58 Å². The molecule has 1 aliphatic carbocycles. The Morgan fingerprint density at radius 1 is 1.27 bits per heavy atom. The van der Waals surface area contributed by atoms with Crippen molar-refractivity contribution in [2.75, 3.05) is 39.1 Å². The molecule has 2 amide bonds. The van der Waals surface area contributed by atoms with Crippen LogP contribution in [0.4, 0.5) is 5.69 Å². The molecule has 2 atom stereocenters. The number of carbonyl (C=O) groups excluding carboxylic acids is 2. The first-order valence-corrected chi connectivity index (χ1v) is 14.2. The maximum absolute atomic E-state index is 13.3. The SMILES string of the molecule is C=CCC1CN(C2CCCCC2)C(=N/C(=C)Nc2ccc(C(=O)N[C@@H]3CCNC3)cc2OC)/C(=C\N)N(C)C1=O. The van der Waals surface area contributed by atoms with Crippen molar-refractivity contribution in [2.24, 2.45) is 16.6 Å². The Morgan fingerprint density at radius 3 is 2.70 bits per heavy atom. The Hall–Kier alpha value is -3.79. The molecule has 10 nitrogen and oxygen atoms in total. The minimum absolute atomic E-state index is 0.00917. The molecular weight excluding hydrogens is 506 g/mol. The van der Waals surface area contributed by atoms with Crippen LogP contribution >= 0.6 is 0 Å². The van der Waals surface area contributed by atoms with Gasteiger partial charge in [-0.1, -0.05) is 31.9 Å². The molecule has 10 heteroatoms. The van der Waals surface area contributed by atoms with Crippen LogP contribution in [0.1, 0.15) is 55.3 Å². The van der Waals surface area contributed by atoms with E-state index in [1.54, 1.807) is 43.3 Å². The van der Waals surface area contributed by atoms with Crippen LogP contribution in [-0.2, 0) is 4.79 Å². The number of nitrogens with one attached hydrogen (secondary N) is 3. The maximum atomic E-state index is 13.3. The van der Waals surface area contributed by atoms with E-state index in [1.807, 2.05) is 0 Å². The molecule has 0 bridgehead atoms. The Balaban J connectivity index is 1.60. The van der Waals surface area contributed by atoms with Gasteiger partial charge in [-0.2, -0.15) is 0 Å². The third-order valence-corrected chi connectivity index (χ3v) is 7.96. The molecule has 4 rings (SSSR count). The Kier molecular flexibility index (Phi) is 9.87. The van der Waals surface area contributed by atoms with Crippen LogP contribution in [0, 0.1) is 5.92 Å². The van der Waals surface area contributed by atoms with Crippen molar-refractivity contribution in [1.82, 2.24) is 20.4 Å². The average molecular weight is 550 g/mol. The molecule has 1 saturated carbocycles. The van der Waals surface area contributed by atoms with Crippen LogP contribution in [0.2, 0.25) is 0 Å². The van der Waals surface area contributed by atoms with Crippen molar-refractivity contribution in [3.05, 3.63) is 60.7 Å². The number of hydrogen-bond acceptors (Lipinski definition) is 7. The zero-order valence-electron chi connectivity index (χ0n) is 23.7. The molecule has 0 radical (unpaired) electrons. The maximum Gasteiger partial charge on any atom is 0.251 e. The van der Waals surface area contributed by atoms with Crippen molar-refractivity contribution in [2.45, 2.75) is 57.0 Å². The Morgan fingerprint density at radius 2 is 2.05 bits per heavy atom. The van der Waals surface area contributed by atoms with Crippen LogP contribution in [-0.4, -0.2) is 73.3 Å². The summed E-state index contributed by atoms with van der Waals surface area (Å²) >= 11 is 0. The predicted molar refractivity (Wildman–Crippen MR) is 159 cm³/mol. The highest BCUT2D eigenvalue weighted by Crippen LogP contribution is 2.31. The minimum Gasteiger partial charge on any atom is -0.495 e. The van der Waals surface area contributed by atoms with E-state index < -0.39 is 0 Å². The summed E-state index contributed by atoms with van der Waals surface area (Å²) in [5.74, 6) is 1.09. The molecule has 3 aliphatic rings. The monoisotopic (exact) mass is 549 g/mol. The zero-order valence-corrected chi connectivity index (χ0v) is 23.7. The molecule has 1 aromatic rings. The van der Waals surface area contributed by atoms with Crippen LogP contribution in [0.3, 0.4) is 0 Å². The zero-order chi connectivity index (χ0) is 28.6. The first-order chi connectivity index (χ1) is 19.4. The molecule has 0 aromatic heterocycles. The van der Waals surface area contributed by atoms with Gasteiger partial charge in [0.2, 0.25) is 5.91 Å². The molecule has 1 aromatic carbocycles. The predicted octanol–water partition coefficient (Wildman–Crippen LogP) is 3.17. The standard InChI is InChI=1S/C30H43N7O3/c1-5-9-22-19-37(24-10-7-6-8-11-24)28(26(17-31)36(3)30(22)39)34-20(2)33-25-13-12-21(16-27(25)40-4)29(38)35-23-14-15-32-18-23/h5,12-13,16-17,22-24,32-33H,1-2,6-11,14-15,18-19,31H2,3-4H3,(H,35,38)/b26-17+,34-28+/t22?,23-/m1/s1. The number of rotatable bonds is 9. The quantitative estimate of drug-likeness (QED) is 0.349. The number of hydrogen-bond donors (Lipinski definition) is 4. The van der Waals surface area contributed by atoms with E-state index in [1.165, 1.54) is 12.6 Å². The van der Waals surface area contributed by atoms with Gasteiger partial charge in [0.05, 0.1) is 18.7 Å². The van der Waals surface area contributed by atoms with Gasteiger partial charge in [-0.3, -0.25) is 9.59 Å². The second-order valence-electron chi connectivity index (χ2n) is 10.7. The molecule has 40 heavy (non-hydrogen) atoms. The van der Waals surface area contributed by atoms with Gasteiger partial charge in [-0.25, -0.2) is 4.99 Å². The second-order valence-corrected chi connectivity index (χ2v) is 10.7. The van der Waals surface area contributed by atoms with Gasteiger partial charge in [0, 0.05) is 44.0 Å². The van der Waals surface area contributed by atoms with E-state index in [2.05, 4.69) is 34.0 Å². The Labute approximate surface area is 237 Å². The van der Waals surface area contributed by atoms with Crippen molar-refractivity contribution < 1.29 is 14.3 Å². The lowest BCUT2D eigenvalue weighted by molar-refractivity contribution is -0.131. The van der Waals surface area contributed by atoms with E-state index in [0.717, 1.165) is 45.2 Å². The molecule has 5 N–H and O–H groups in total. The van der Waals surface area contributed by atoms with Crippen LogP contribution in [0.25, 0.3) is 0 Å². The average Bonchev–Trinajstić information content (AvgIpc) is 3.45. The first kappa shape index (κ1) is 29.2. The smallest absolute Gasteiger partial charge is 0.251 e. The molecule has 0 spiro atoms. The number of benzene rings is 1. The van der Waals surface area contributed by atoms with Crippen molar-refractivity contribution in [1.29, 1.82) is 0 Å². The third kappa shape index (κ3) is 6.67. The van der Waals surface area contributed by atoms with E-state index in [0.29, 0.717) is 47.3 Å². The van der Waals surface area contributed by atoms with E-state index >= 15 is 0 Å². The summed E-state index contributed by atoms with van der Waals surface area (Å²) in [5.41, 5.74) is 7.80. The number of allylic oxidation sites excluding steroid dienone is 1. The fourth-order valence-electron chi connectivity index (χ4n) is 5.78. The number of ether oxygens (including phenoxy) is 1. The lowest BCUT2D eigenvalue weighted by Gasteiger charge is -2.37. The third-order valence-electron chi connectivity index (χ3n) is 7.96.